The van der Waals surface area contributed by atoms with Crippen LogP contribution in [-0.4, -0.2) is 91.3 Å². The second-order valence-corrected chi connectivity index (χ2v) is 45.5. The Morgan fingerprint density at radius 2 is 0.807 bits per heavy atom. The van der Waals surface area contributed by atoms with Crippen LogP contribution in [0.1, 0.15) is 378 Å². The number of unbranched alkanes of at least 4 members (excludes halogenated alkanes) is 12. The molecule has 2 heterocycles. The third-order valence-electron chi connectivity index (χ3n) is 38.6. The predicted octanol–water partition coefficient (Wildman–Crippen LogP) is 23.7. The fourth-order valence-electron chi connectivity index (χ4n) is 30.1. The van der Waals surface area contributed by atoms with Gasteiger partial charge < -0.3 is 44.3 Å². The summed E-state index contributed by atoms with van der Waals surface area (Å²) in [7, 11) is 0. The number of aliphatic carboxylic acids is 1. The Morgan fingerprint density at radius 3 is 1.18 bits per heavy atom. The van der Waals surface area contributed by atoms with Gasteiger partial charge in [0.25, 0.3) is 0 Å². The number of nitrogens with one attached hydrogen (secondary N) is 2. The van der Waals surface area contributed by atoms with Crippen LogP contribution in [0.15, 0.2) is 23.3 Å². The monoisotopic (exact) mass is 1590 g/mol. The van der Waals surface area contributed by atoms with Crippen LogP contribution in [0.2, 0.25) is 0 Å². The van der Waals surface area contributed by atoms with E-state index in [0.29, 0.717) is 67.2 Å². The quantitative estimate of drug-likeness (QED) is 0.0293. The van der Waals surface area contributed by atoms with Gasteiger partial charge in [0.05, 0.1) is 40.7 Å². The van der Waals surface area contributed by atoms with Crippen LogP contribution in [0, 0.1) is 148 Å². The van der Waals surface area contributed by atoms with Gasteiger partial charge in [-0.3, -0.25) is 19.2 Å². The van der Waals surface area contributed by atoms with Gasteiger partial charge in [0, 0.05) is 43.2 Å². The zero-order valence-corrected chi connectivity index (χ0v) is 76.8. The Bertz CT molecular complexity index is 3230. The number of allylic oxidation sites excluding steroid dienone is 4. The van der Waals surface area contributed by atoms with Crippen LogP contribution in [0.25, 0.3) is 0 Å². The zero-order valence-electron chi connectivity index (χ0n) is 76.8. The van der Waals surface area contributed by atoms with Crippen molar-refractivity contribution in [2.45, 2.75) is 415 Å². The fraction of sp³-hybridized carbons (Fsp3) is 0.901. The number of aldehydes is 2. The highest BCUT2D eigenvalue weighted by atomic mass is 16.7. The summed E-state index contributed by atoms with van der Waals surface area (Å²) in [6.45, 7) is 54.7. The summed E-state index contributed by atoms with van der Waals surface area (Å²) in [5, 5.41) is 17.3. The van der Waals surface area contributed by atoms with Gasteiger partial charge in [0.1, 0.15) is 18.4 Å². The largest absolute Gasteiger partial charge is 0.481 e. The van der Waals surface area contributed by atoms with Gasteiger partial charge in [-0.05, 0) is 250 Å². The molecule has 0 radical (unpaired) electrons. The maximum Gasteiger partial charge on any atom is 0.310 e. The minimum Gasteiger partial charge on any atom is -0.481 e. The second kappa shape index (κ2) is 34.9. The first-order valence-corrected chi connectivity index (χ1v) is 47.7. The maximum absolute atomic E-state index is 13.7. The summed E-state index contributed by atoms with van der Waals surface area (Å²) in [5.74, 6) is 3.79. The van der Waals surface area contributed by atoms with Crippen molar-refractivity contribution in [3.63, 3.8) is 0 Å². The molecule has 13 nitrogen and oxygen atoms in total. The highest BCUT2D eigenvalue weighted by molar-refractivity contribution is 5.84. The van der Waals surface area contributed by atoms with E-state index in [2.05, 4.69) is 175 Å². The van der Waals surface area contributed by atoms with E-state index >= 15 is 0 Å². The summed E-state index contributed by atoms with van der Waals surface area (Å²) < 4.78 is 27.8. The van der Waals surface area contributed by atoms with Crippen LogP contribution in [0.4, 0.5) is 0 Å². The molecule has 2 saturated heterocycles. The number of fused-ring (bicyclic) bond motifs is 14. The first kappa shape index (κ1) is 91.5. The zero-order chi connectivity index (χ0) is 83.5. The molecule has 3 N–H and O–H groups in total. The molecule has 114 heavy (non-hydrogen) atoms. The Labute approximate surface area is 694 Å². The number of ketones is 1. The molecule has 14 unspecified atom stereocenters. The van der Waals surface area contributed by atoms with Gasteiger partial charge in [-0.2, -0.15) is 0 Å². The van der Waals surface area contributed by atoms with Crippen molar-refractivity contribution in [1.82, 2.24) is 10.6 Å². The summed E-state index contributed by atoms with van der Waals surface area (Å²) in [4.78, 5) is 80.0. The first-order valence-electron chi connectivity index (χ1n) is 47.7. The topological polar surface area (TPSA) is 184 Å². The number of rotatable bonds is 28. The molecule has 0 aromatic rings. The molecule has 13 heteroatoms. The maximum atomic E-state index is 13.7. The van der Waals surface area contributed by atoms with E-state index < -0.39 is 34.8 Å². The lowest BCUT2D eigenvalue weighted by Crippen LogP contribution is -2.67. The number of carboxylic acid groups (broad SMARTS) is 1. The minimum absolute atomic E-state index is 0.000906. The van der Waals surface area contributed by atoms with Crippen LogP contribution in [0.3, 0.4) is 0 Å². The SMILES string of the molecule is CCCCCCCCCC(=O)NCC1O[C@@H](O[C@H]2CCC3(C)C4CC=C5C6CC(C)(C)CC[C@]6(C(=O)O)C(C)C[C@@]5(C)[C@]4(C)CC[C@H]3C2(C)C=O)C(C)[C@@H](C)[C@@H]1C.CCCCCCCCCC(=O)NCC1O[C@@H](O[C@H]2CCC3(C)C4CC=C5C6CC(C)(C)CC[C@]6(C(C)=O)C(C)C[C@@]5(C)[C@]4(C)CC[C@H]3C2(C)C=O)C(C)[C@@H](C)[C@@H]1C. The Morgan fingerprint density at radius 1 is 0.447 bits per heavy atom. The average molecular weight is 1590 g/mol. The van der Waals surface area contributed by atoms with E-state index in [1.165, 1.54) is 82.4 Å². The molecule has 2 amide bonds. The van der Waals surface area contributed by atoms with Crippen molar-refractivity contribution in [2.75, 3.05) is 13.1 Å². The predicted molar refractivity (Wildman–Crippen MR) is 460 cm³/mol. The molecule has 10 fully saturated rings. The molecule has 0 aromatic heterocycles. The summed E-state index contributed by atoms with van der Waals surface area (Å²) in [5.41, 5.74) is 1.25. The first-order chi connectivity index (χ1) is 53.5. The van der Waals surface area contributed by atoms with Crippen LogP contribution >= 0.6 is 0 Å². The third-order valence-corrected chi connectivity index (χ3v) is 38.6. The van der Waals surface area contributed by atoms with E-state index in [0.717, 1.165) is 141 Å². The summed E-state index contributed by atoms with van der Waals surface area (Å²) in [6.07, 6.45) is 41.8. The molecule has 12 rings (SSSR count). The van der Waals surface area contributed by atoms with Crippen molar-refractivity contribution in [3.05, 3.63) is 23.3 Å². The lowest BCUT2D eigenvalue weighted by Gasteiger charge is -2.72. The number of amides is 2. The van der Waals surface area contributed by atoms with Gasteiger partial charge in [-0.15, -0.1) is 0 Å². The second-order valence-electron chi connectivity index (χ2n) is 45.5. The van der Waals surface area contributed by atoms with Crippen molar-refractivity contribution in [3.8, 4) is 0 Å². The number of carbonyl (C=O) groups is 6. The number of hydrogen-bond acceptors (Lipinski definition) is 10. The fourth-order valence-corrected chi connectivity index (χ4v) is 30.1. The van der Waals surface area contributed by atoms with E-state index in [-0.39, 0.29) is 132 Å². The molecular weight excluding hydrogens is 1420 g/mol. The van der Waals surface area contributed by atoms with Crippen LogP contribution in [0.5, 0.6) is 0 Å². The third kappa shape index (κ3) is 16.0. The number of carboxylic acids is 1. The van der Waals surface area contributed by atoms with E-state index in [1.807, 2.05) is 6.92 Å². The molecule has 0 bridgehead atoms. The highest BCUT2D eigenvalue weighted by Gasteiger charge is 2.74. The Balaban J connectivity index is 0.000000225. The van der Waals surface area contributed by atoms with Crippen molar-refractivity contribution >= 4 is 36.1 Å². The number of hydrogen-bond donors (Lipinski definition) is 3. The van der Waals surface area contributed by atoms with E-state index in [4.69, 9.17) is 18.9 Å². The number of Topliss-reactive ketones (excluding diaryl/α,β-unsaturated/α-hetero) is 1. The van der Waals surface area contributed by atoms with Crippen LogP contribution < -0.4 is 10.6 Å². The number of carbonyl (C=O) groups excluding carboxylic acids is 5. The molecule has 648 valence electrons. The van der Waals surface area contributed by atoms with Gasteiger partial charge >= 0.3 is 5.97 Å². The molecule has 10 aliphatic carbocycles. The smallest absolute Gasteiger partial charge is 0.310 e. The molecule has 8 saturated carbocycles. The molecular formula is C101H168N2O11. The highest BCUT2D eigenvalue weighted by Crippen LogP contribution is 2.79. The molecule has 2 aliphatic heterocycles. The number of ether oxygens (including phenoxy) is 4. The van der Waals surface area contributed by atoms with E-state index in [1.54, 1.807) is 5.57 Å². The van der Waals surface area contributed by atoms with Gasteiger partial charge in [-0.25, -0.2) is 0 Å². The molecule has 0 aromatic carbocycles. The Kier molecular flexibility index (Phi) is 28.0. The molecule has 30 atom stereocenters. The van der Waals surface area contributed by atoms with Crippen molar-refractivity contribution in [1.29, 1.82) is 0 Å². The van der Waals surface area contributed by atoms with Gasteiger partial charge in [0.15, 0.2) is 12.6 Å². The lowest BCUT2D eigenvalue weighted by atomic mass is 9.32. The molecule has 0 spiro atoms. The van der Waals surface area contributed by atoms with E-state index in [9.17, 15) is 33.9 Å². The van der Waals surface area contributed by atoms with Crippen LogP contribution in [-0.2, 0) is 47.7 Å². The summed E-state index contributed by atoms with van der Waals surface area (Å²) >= 11 is 0. The standard InChI is InChI=1S/C51H85NO5.C50H83NO6/c1-13-14-15-16-17-18-19-20-44(55)52-31-40-35(4)34(3)36(5)45(56-40)57-43-24-25-47(9)41(48(43,10)32-53)23-26-49(11)42(47)22-21-38-39-30-46(7,8)27-28-51(39,37(6)54)33(2)29-50(38,49)12;1-12-13-14-15-16-17-18-19-42(53)51-30-38-34(4)33(3)35(5)43(56-38)57-41-23-24-46(8)39(47(41,9)31-52)22-25-48(10)40(46)21-20-36-37-29-45(6,7)26-27-50(37,44(54)55)32(2)28-49(36,48)11/h21,32-36,39-43,45H,13-20,22-31H2,1-12H3,(H,52,55);20,31-35,37-41,43H,12-19,21-30H2,1-11H3,(H,51,53)(H,54,55)/t33?,34-,35-,36?,39?,40?,41+,42?,43-,45-,47?,48?,49+,50+,51+;32?,33-,34-,35?,37?,38?,39+,40?,41-,43-,46?,47?,48+,49+,50-/m00/s1. The van der Waals surface area contributed by atoms with Crippen molar-refractivity contribution < 1.29 is 52.8 Å². The van der Waals surface area contributed by atoms with Gasteiger partial charge in [-0.1, -0.05) is 253 Å². The van der Waals surface area contributed by atoms with Crippen molar-refractivity contribution in [2.24, 2.45) is 148 Å². The normalized spacial score (nSPS) is 46.3. The molecule has 12 aliphatic rings. The van der Waals surface area contributed by atoms with Gasteiger partial charge in [0.2, 0.25) is 11.8 Å². The summed E-state index contributed by atoms with van der Waals surface area (Å²) in [6, 6.07) is 0. The average Bonchev–Trinajstić information content (AvgIpc) is 0.675. The minimum atomic E-state index is -0.678. The lowest BCUT2D eigenvalue weighted by molar-refractivity contribution is -0.293. The Hall–Kier alpha value is -3.26.